The monoisotopic (exact) mass is 715 g/mol. The highest BCUT2D eigenvalue weighted by atomic mass is 15.0. The molecule has 0 aliphatic heterocycles. The second-order valence-electron chi connectivity index (χ2n) is 14.1. The van der Waals surface area contributed by atoms with Crippen LogP contribution >= 0.6 is 0 Å². The van der Waals surface area contributed by atoms with Crippen molar-refractivity contribution in [3.63, 3.8) is 0 Å². The highest BCUT2D eigenvalue weighted by Crippen LogP contribution is 2.38. The zero-order chi connectivity index (χ0) is 37.0. The molecule has 0 amide bonds. The molecule has 0 saturated carbocycles. The van der Waals surface area contributed by atoms with Crippen molar-refractivity contribution in [2.75, 3.05) is 0 Å². The third-order valence-corrected chi connectivity index (χ3v) is 10.9. The molecule has 11 aromatic rings. The van der Waals surface area contributed by atoms with Crippen LogP contribution in [0.1, 0.15) is 0 Å². The first-order valence-electron chi connectivity index (χ1n) is 18.8. The molecule has 0 atom stereocenters. The number of benzene rings is 6. The van der Waals surface area contributed by atoms with E-state index in [1.807, 2.05) is 48.9 Å². The normalized spacial score (nSPS) is 11.6. The molecule has 0 bridgehead atoms. The molecular formula is C51H33N5. The summed E-state index contributed by atoms with van der Waals surface area (Å²) in [6.07, 6.45) is 5.56. The molecule has 56 heavy (non-hydrogen) atoms. The molecule has 11 rings (SSSR count). The van der Waals surface area contributed by atoms with E-state index >= 15 is 0 Å². The summed E-state index contributed by atoms with van der Waals surface area (Å²) < 4.78 is 4.70. The number of hydrogen-bond acceptors (Lipinski definition) is 3. The maximum atomic E-state index is 4.79. The average molecular weight is 716 g/mol. The van der Waals surface area contributed by atoms with Gasteiger partial charge in [0.05, 0.1) is 39.0 Å². The Labute approximate surface area is 323 Å². The molecule has 0 unspecified atom stereocenters. The Hall–Kier alpha value is -7.63. The van der Waals surface area contributed by atoms with E-state index in [0.29, 0.717) is 0 Å². The van der Waals surface area contributed by atoms with Crippen molar-refractivity contribution in [2.45, 2.75) is 0 Å². The predicted molar refractivity (Wildman–Crippen MR) is 230 cm³/mol. The molecule has 5 aromatic heterocycles. The van der Waals surface area contributed by atoms with Crippen LogP contribution in [0.25, 0.3) is 99.9 Å². The second-order valence-corrected chi connectivity index (χ2v) is 14.1. The number of fused-ring (bicyclic) bond motifs is 6. The van der Waals surface area contributed by atoms with Crippen LogP contribution in [0.3, 0.4) is 0 Å². The molecule has 0 aliphatic carbocycles. The molecule has 5 heterocycles. The first kappa shape index (κ1) is 31.9. The summed E-state index contributed by atoms with van der Waals surface area (Å²) >= 11 is 0. The van der Waals surface area contributed by atoms with E-state index in [2.05, 4.69) is 171 Å². The number of pyridine rings is 3. The van der Waals surface area contributed by atoms with Crippen LogP contribution < -0.4 is 0 Å². The fourth-order valence-corrected chi connectivity index (χ4v) is 8.26. The molecule has 0 fully saturated rings. The van der Waals surface area contributed by atoms with Gasteiger partial charge < -0.3 is 9.13 Å². The van der Waals surface area contributed by atoms with Crippen LogP contribution in [0.5, 0.6) is 0 Å². The number of aromatic nitrogens is 5. The van der Waals surface area contributed by atoms with Gasteiger partial charge in [0.15, 0.2) is 0 Å². The van der Waals surface area contributed by atoms with Crippen LogP contribution in [-0.4, -0.2) is 24.1 Å². The maximum absolute atomic E-state index is 4.79. The lowest BCUT2D eigenvalue weighted by Crippen LogP contribution is -1.94. The maximum Gasteiger partial charge on any atom is 0.0963 e. The second kappa shape index (κ2) is 13.0. The minimum absolute atomic E-state index is 0.934. The summed E-state index contributed by atoms with van der Waals surface area (Å²) in [5, 5.41) is 3.58. The van der Waals surface area contributed by atoms with Crippen molar-refractivity contribution >= 4 is 43.7 Å². The van der Waals surface area contributed by atoms with E-state index < -0.39 is 0 Å². The van der Waals surface area contributed by atoms with Gasteiger partial charge >= 0.3 is 0 Å². The van der Waals surface area contributed by atoms with Gasteiger partial charge in [-0.2, -0.15) is 0 Å². The number of rotatable bonds is 6. The predicted octanol–water partition coefficient (Wildman–Crippen LogP) is 12.7. The molecule has 0 radical (unpaired) electrons. The molecule has 6 aromatic carbocycles. The lowest BCUT2D eigenvalue weighted by atomic mass is 9.96. The fourth-order valence-electron chi connectivity index (χ4n) is 8.26. The van der Waals surface area contributed by atoms with Gasteiger partial charge in [-0.25, -0.2) is 0 Å². The summed E-state index contributed by atoms with van der Waals surface area (Å²) in [6.45, 7) is 0. The van der Waals surface area contributed by atoms with E-state index in [-0.39, 0.29) is 0 Å². The van der Waals surface area contributed by atoms with Crippen molar-refractivity contribution < 1.29 is 0 Å². The van der Waals surface area contributed by atoms with Gasteiger partial charge in [0.2, 0.25) is 0 Å². The van der Waals surface area contributed by atoms with Crippen LogP contribution in [0, 0.1) is 0 Å². The summed E-state index contributed by atoms with van der Waals surface area (Å²) in [5.74, 6) is 0. The number of para-hydroxylation sites is 2. The molecule has 0 saturated heterocycles. The van der Waals surface area contributed by atoms with Crippen molar-refractivity contribution in [1.82, 2.24) is 24.1 Å². The molecule has 0 N–H and O–H groups in total. The Morgan fingerprint density at radius 2 is 0.857 bits per heavy atom. The topological polar surface area (TPSA) is 48.5 Å². The molecule has 0 spiro atoms. The lowest BCUT2D eigenvalue weighted by Gasteiger charge is -2.12. The quantitative estimate of drug-likeness (QED) is 0.172. The van der Waals surface area contributed by atoms with Gasteiger partial charge in [0.1, 0.15) is 0 Å². The lowest BCUT2D eigenvalue weighted by molar-refractivity contribution is 1.18. The van der Waals surface area contributed by atoms with E-state index in [1.54, 1.807) is 0 Å². The fraction of sp³-hybridized carbons (Fsp3) is 0. The zero-order valence-electron chi connectivity index (χ0n) is 30.3. The Bertz CT molecular complexity index is 3160. The zero-order valence-corrected chi connectivity index (χ0v) is 30.3. The third-order valence-electron chi connectivity index (χ3n) is 10.9. The highest BCUT2D eigenvalue weighted by molar-refractivity contribution is 6.11. The minimum atomic E-state index is 0.934. The van der Waals surface area contributed by atoms with Crippen molar-refractivity contribution in [3.05, 3.63) is 201 Å². The first-order chi connectivity index (χ1) is 27.8. The summed E-state index contributed by atoms with van der Waals surface area (Å²) in [4.78, 5) is 14.1. The smallest absolute Gasteiger partial charge is 0.0963 e. The Morgan fingerprint density at radius 1 is 0.286 bits per heavy atom. The summed E-state index contributed by atoms with van der Waals surface area (Å²) in [5.41, 5.74) is 16.4. The van der Waals surface area contributed by atoms with Crippen molar-refractivity contribution in [1.29, 1.82) is 0 Å². The third kappa shape index (κ3) is 5.29. The molecule has 0 aliphatic rings. The van der Waals surface area contributed by atoms with Gasteiger partial charge in [-0.15, -0.1) is 0 Å². The SMILES string of the molecule is c1ccc(-n2c3cc(-c4ccc5c(c4)c4ccccc4n5-c4ccc(-c5cc(-c6ccccn6)cc(-c6ccccn6)c5)cc4)ccc3c3ncccc32)cc1. The van der Waals surface area contributed by atoms with Crippen LogP contribution in [-0.2, 0) is 0 Å². The number of hydrogen-bond donors (Lipinski definition) is 0. The van der Waals surface area contributed by atoms with Crippen LogP contribution in [0.15, 0.2) is 201 Å². The average Bonchev–Trinajstić information content (AvgIpc) is 3.79. The summed E-state index contributed by atoms with van der Waals surface area (Å²) in [7, 11) is 0. The molecule has 262 valence electrons. The van der Waals surface area contributed by atoms with E-state index in [0.717, 1.165) is 67.0 Å². The molecule has 5 heteroatoms. The van der Waals surface area contributed by atoms with Gasteiger partial charge in [0.25, 0.3) is 0 Å². The molecular weight excluding hydrogens is 683 g/mol. The molecule has 5 nitrogen and oxygen atoms in total. The largest absolute Gasteiger partial charge is 0.309 e. The highest BCUT2D eigenvalue weighted by Gasteiger charge is 2.17. The summed E-state index contributed by atoms with van der Waals surface area (Å²) in [6, 6.07) is 64.6. The first-order valence-corrected chi connectivity index (χ1v) is 18.8. The van der Waals surface area contributed by atoms with E-state index in [4.69, 9.17) is 4.98 Å². The van der Waals surface area contributed by atoms with Crippen LogP contribution in [0.4, 0.5) is 0 Å². The van der Waals surface area contributed by atoms with Crippen molar-refractivity contribution in [3.8, 4) is 56.1 Å². The van der Waals surface area contributed by atoms with E-state index in [9.17, 15) is 0 Å². The van der Waals surface area contributed by atoms with Crippen molar-refractivity contribution in [2.24, 2.45) is 0 Å². The van der Waals surface area contributed by atoms with Gasteiger partial charge in [-0.1, -0.05) is 72.8 Å². The standard InChI is InChI=1S/C51H33N5/c1-2-11-40(12-3-1)56-49-17-10-28-54-51(49)43-24-20-36(33-50(43)56)35-21-25-48-44(32-35)42-13-4-5-16-47(42)55(48)41-22-18-34(19-23-41)37-29-38(45-14-6-8-26-52-45)31-39(30-37)46-15-7-9-27-53-46/h1-33H. The van der Waals surface area contributed by atoms with Gasteiger partial charge in [-0.05, 0) is 131 Å². The Morgan fingerprint density at radius 3 is 1.61 bits per heavy atom. The van der Waals surface area contributed by atoms with Gasteiger partial charge in [0, 0.05) is 57.3 Å². The number of nitrogens with zero attached hydrogens (tertiary/aromatic N) is 5. The van der Waals surface area contributed by atoms with Gasteiger partial charge in [-0.3, -0.25) is 15.0 Å². The van der Waals surface area contributed by atoms with Crippen LogP contribution in [0.2, 0.25) is 0 Å². The minimum Gasteiger partial charge on any atom is -0.309 e. The Balaban J connectivity index is 1.02. The Kier molecular flexibility index (Phi) is 7.42. The van der Waals surface area contributed by atoms with E-state index in [1.165, 1.54) is 32.9 Å².